The number of ether oxygens (including phenoxy) is 3. The van der Waals surface area contributed by atoms with Crippen LogP contribution in [0.5, 0.6) is 11.5 Å². The van der Waals surface area contributed by atoms with E-state index in [2.05, 4.69) is 4.99 Å². The molecule has 0 N–H and O–H groups in total. The van der Waals surface area contributed by atoms with Gasteiger partial charge in [0.05, 0.1) is 7.11 Å². The van der Waals surface area contributed by atoms with Crippen molar-refractivity contribution >= 4 is 41.1 Å². The molecule has 0 amide bonds. The van der Waals surface area contributed by atoms with Gasteiger partial charge in [-0.05, 0) is 48.5 Å². The van der Waals surface area contributed by atoms with Crippen LogP contribution in [0.15, 0.2) is 77.4 Å². The fraction of sp³-hybridized carbons (Fsp3) is 0.0833. The summed E-state index contributed by atoms with van der Waals surface area (Å²) in [5.41, 5.74) is 2.29. The molecule has 0 unspecified atom stereocenters. The highest BCUT2D eigenvalue weighted by Crippen LogP contribution is 2.30. The topological polar surface area (TPSA) is 57.1 Å². The van der Waals surface area contributed by atoms with E-state index in [1.807, 2.05) is 30.3 Å². The summed E-state index contributed by atoms with van der Waals surface area (Å²) in [5, 5.41) is 1.06. The smallest absolute Gasteiger partial charge is 0.363 e. The number of carbonyl (C=O) groups is 1. The van der Waals surface area contributed by atoms with E-state index in [9.17, 15) is 4.79 Å². The summed E-state index contributed by atoms with van der Waals surface area (Å²) in [6.07, 6.45) is 1.61. The standard InChI is InChI=1S/C24H17Cl2NO4/c1-29-19-9-10-22(30-14-16-7-8-18(25)13-20(16)26)17(11-19)12-21-24(28)31-23(27-21)15-5-3-2-4-6-15/h2-13H,14H2,1H3. The Morgan fingerprint density at radius 3 is 2.58 bits per heavy atom. The third kappa shape index (κ3) is 4.90. The zero-order chi connectivity index (χ0) is 21.8. The highest BCUT2D eigenvalue weighted by atomic mass is 35.5. The average molecular weight is 454 g/mol. The van der Waals surface area contributed by atoms with E-state index < -0.39 is 5.97 Å². The molecule has 156 valence electrons. The molecule has 0 bridgehead atoms. The van der Waals surface area contributed by atoms with Crippen LogP contribution in [0.1, 0.15) is 16.7 Å². The Morgan fingerprint density at radius 1 is 1.03 bits per heavy atom. The molecule has 0 radical (unpaired) electrons. The van der Waals surface area contributed by atoms with Crippen molar-refractivity contribution in [3.8, 4) is 11.5 Å². The molecule has 0 atom stereocenters. The number of hydrogen-bond acceptors (Lipinski definition) is 5. The molecule has 1 aliphatic heterocycles. The summed E-state index contributed by atoms with van der Waals surface area (Å²) in [6, 6.07) is 19.7. The van der Waals surface area contributed by atoms with E-state index >= 15 is 0 Å². The van der Waals surface area contributed by atoms with Crippen molar-refractivity contribution in [2.24, 2.45) is 4.99 Å². The van der Waals surface area contributed by atoms with Gasteiger partial charge in [0, 0.05) is 26.7 Å². The van der Waals surface area contributed by atoms with Crippen LogP contribution in [0, 0.1) is 0 Å². The number of carbonyl (C=O) groups excluding carboxylic acids is 1. The van der Waals surface area contributed by atoms with Gasteiger partial charge in [-0.25, -0.2) is 9.79 Å². The highest BCUT2D eigenvalue weighted by Gasteiger charge is 2.24. The molecule has 4 rings (SSSR count). The van der Waals surface area contributed by atoms with Gasteiger partial charge in [-0.2, -0.15) is 0 Å². The van der Waals surface area contributed by atoms with Crippen LogP contribution in [-0.4, -0.2) is 19.0 Å². The number of aliphatic imine (C=N–C) groups is 1. The van der Waals surface area contributed by atoms with Gasteiger partial charge in [-0.3, -0.25) is 0 Å². The lowest BCUT2D eigenvalue weighted by Crippen LogP contribution is -2.05. The summed E-state index contributed by atoms with van der Waals surface area (Å²) in [6.45, 7) is 0.224. The number of cyclic esters (lactones) is 1. The van der Waals surface area contributed by atoms with E-state index in [-0.39, 0.29) is 18.2 Å². The minimum atomic E-state index is -0.534. The van der Waals surface area contributed by atoms with Crippen molar-refractivity contribution in [1.82, 2.24) is 0 Å². The first kappa shape index (κ1) is 21.0. The fourth-order valence-corrected chi connectivity index (χ4v) is 3.42. The van der Waals surface area contributed by atoms with E-state index in [0.717, 1.165) is 11.1 Å². The lowest BCUT2D eigenvalue weighted by molar-refractivity contribution is -0.129. The summed E-state index contributed by atoms with van der Waals surface area (Å²) >= 11 is 12.2. The monoisotopic (exact) mass is 453 g/mol. The first-order valence-electron chi connectivity index (χ1n) is 9.36. The molecular formula is C24H17Cl2NO4. The van der Waals surface area contributed by atoms with E-state index in [4.69, 9.17) is 37.4 Å². The molecule has 3 aromatic carbocycles. The SMILES string of the molecule is COc1ccc(OCc2ccc(Cl)cc2Cl)c(C=C2N=C(c3ccccc3)OC2=O)c1. The van der Waals surface area contributed by atoms with Crippen molar-refractivity contribution in [2.45, 2.75) is 6.61 Å². The van der Waals surface area contributed by atoms with Gasteiger partial charge in [-0.1, -0.05) is 47.5 Å². The first-order chi connectivity index (χ1) is 15.0. The van der Waals surface area contributed by atoms with Crippen molar-refractivity contribution in [3.05, 3.63) is 99.2 Å². The summed E-state index contributed by atoms with van der Waals surface area (Å²) in [7, 11) is 1.57. The fourth-order valence-electron chi connectivity index (χ4n) is 2.95. The molecule has 1 heterocycles. The Morgan fingerprint density at radius 2 is 1.84 bits per heavy atom. The Kier molecular flexibility index (Phi) is 6.26. The molecular weight excluding hydrogens is 437 g/mol. The number of halogens is 2. The summed E-state index contributed by atoms with van der Waals surface area (Å²) in [5.74, 6) is 0.876. The van der Waals surface area contributed by atoms with E-state index in [1.54, 1.807) is 49.6 Å². The van der Waals surface area contributed by atoms with E-state index in [0.29, 0.717) is 27.1 Å². The number of nitrogens with zero attached hydrogens (tertiary/aromatic N) is 1. The van der Waals surface area contributed by atoms with Crippen LogP contribution in [0.25, 0.3) is 6.08 Å². The minimum absolute atomic E-state index is 0.168. The van der Waals surface area contributed by atoms with Gasteiger partial charge < -0.3 is 14.2 Å². The average Bonchev–Trinajstić information content (AvgIpc) is 3.14. The lowest BCUT2D eigenvalue weighted by atomic mass is 10.1. The van der Waals surface area contributed by atoms with Crippen LogP contribution < -0.4 is 9.47 Å². The van der Waals surface area contributed by atoms with Crippen molar-refractivity contribution < 1.29 is 19.0 Å². The lowest BCUT2D eigenvalue weighted by Gasteiger charge is -2.12. The third-order valence-corrected chi connectivity index (χ3v) is 5.14. The van der Waals surface area contributed by atoms with Crippen molar-refractivity contribution in [1.29, 1.82) is 0 Å². The van der Waals surface area contributed by atoms with E-state index in [1.165, 1.54) is 0 Å². The second-order valence-corrected chi connectivity index (χ2v) is 7.47. The second kappa shape index (κ2) is 9.25. The maximum absolute atomic E-state index is 12.4. The zero-order valence-electron chi connectivity index (χ0n) is 16.5. The quantitative estimate of drug-likeness (QED) is 0.343. The van der Waals surface area contributed by atoms with Gasteiger partial charge in [-0.15, -0.1) is 0 Å². The van der Waals surface area contributed by atoms with Crippen molar-refractivity contribution in [3.63, 3.8) is 0 Å². The second-order valence-electron chi connectivity index (χ2n) is 6.63. The van der Waals surface area contributed by atoms with Crippen LogP contribution in [0.3, 0.4) is 0 Å². The molecule has 1 aliphatic rings. The largest absolute Gasteiger partial charge is 0.497 e. The zero-order valence-corrected chi connectivity index (χ0v) is 18.0. The van der Waals surface area contributed by atoms with Gasteiger partial charge >= 0.3 is 5.97 Å². The summed E-state index contributed by atoms with van der Waals surface area (Å²) < 4.78 is 16.6. The van der Waals surface area contributed by atoms with Gasteiger partial charge in [0.2, 0.25) is 5.90 Å². The molecule has 0 aliphatic carbocycles. The number of hydrogen-bond donors (Lipinski definition) is 0. The van der Waals surface area contributed by atoms with Crippen molar-refractivity contribution in [2.75, 3.05) is 7.11 Å². The van der Waals surface area contributed by atoms with Crippen LogP contribution >= 0.6 is 23.2 Å². The molecule has 0 saturated heterocycles. The number of rotatable bonds is 6. The normalized spacial score (nSPS) is 14.4. The molecule has 0 fully saturated rings. The molecule has 0 saturated carbocycles. The Bertz CT molecular complexity index is 1190. The molecule has 31 heavy (non-hydrogen) atoms. The maximum Gasteiger partial charge on any atom is 0.363 e. The van der Waals surface area contributed by atoms with Gasteiger partial charge in [0.25, 0.3) is 0 Å². The van der Waals surface area contributed by atoms with Gasteiger partial charge in [0.15, 0.2) is 5.70 Å². The molecule has 7 heteroatoms. The predicted octanol–water partition coefficient (Wildman–Crippen LogP) is 5.93. The summed E-state index contributed by atoms with van der Waals surface area (Å²) in [4.78, 5) is 16.7. The molecule has 3 aromatic rings. The minimum Gasteiger partial charge on any atom is -0.497 e. The Hall–Kier alpha value is -3.28. The van der Waals surface area contributed by atoms with Crippen LogP contribution in [0.2, 0.25) is 10.0 Å². The molecule has 0 spiro atoms. The van der Waals surface area contributed by atoms with Gasteiger partial charge in [0.1, 0.15) is 18.1 Å². The third-order valence-electron chi connectivity index (χ3n) is 4.55. The number of methoxy groups -OCH3 is 1. The molecule has 0 aromatic heterocycles. The highest BCUT2D eigenvalue weighted by molar-refractivity contribution is 6.35. The maximum atomic E-state index is 12.4. The number of benzene rings is 3. The number of esters is 1. The molecule has 5 nitrogen and oxygen atoms in total. The van der Waals surface area contributed by atoms with Crippen LogP contribution in [0.4, 0.5) is 0 Å². The predicted molar refractivity (Wildman–Crippen MR) is 121 cm³/mol. The van der Waals surface area contributed by atoms with Crippen LogP contribution in [-0.2, 0) is 16.1 Å². The Labute approximate surface area is 189 Å². The Balaban J connectivity index is 1.64. The first-order valence-corrected chi connectivity index (χ1v) is 10.1.